The van der Waals surface area contributed by atoms with Crippen LogP contribution in [0.15, 0.2) is 115 Å². The number of aryl methyl sites for hydroxylation is 3. The van der Waals surface area contributed by atoms with Gasteiger partial charge in [0.15, 0.2) is 0 Å². The Morgan fingerprint density at radius 3 is 2.00 bits per heavy atom. The van der Waals surface area contributed by atoms with Crippen molar-refractivity contribution in [1.29, 1.82) is 0 Å². The summed E-state index contributed by atoms with van der Waals surface area (Å²) >= 11 is 0. The van der Waals surface area contributed by atoms with Crippen LogP contribution in [-0.2, 0) is 5.41 Å². The zero-order valence-corrected chi connectivity index (χ0v) is 30.2. The van der Waals surface area contributed by atoms with Crippen molar-refractivity contribution in [3.63, 3.8) is 0 Å². The zero-order valence-electron chi connectivity index (χ0n) is 30.2. The lowest BCUT2D eigenvalue weighted by molar-refractivity contribution is 0.195. The summed E-state index contributed by atoms with van der Waals surface area (Å²) in [6.45, 7) is 12.2. The molecule has 248 valence electrons. The van der Waals surface area contributed by atoms with Gasteiger partial charge in [0.2, 0.25) is 0 Å². The largest absolute Gasteiger partial charge is 0.335 e. The topological polar surface area (TPSA) is 11.4 Å². The number of benzene rings is 6. The van der Waals surface area contributed by atoms with Crippen molar-refractivity contribution in [3.8, 4) is 5.69 Å². The number of hydrogen-bond donors (Lipinski definition) is 0. The Labute approximate surface area is 301 Å². The molecule has 4 heterocycles. The molecule has 0 N–H and O–H groups in total. The molecule has 51 heavy (non-hydrogen) atoms. The van der Waals surface area contributed by atoms with E-state index in [1.165, 1.54) is 115 Å². The molecule has 0 spiro atoms. The number of para-hydroxylation sites is 2. The van der Waals surface area contributed by atoms with Crippen LogP contribution >= 0.6 is 0 Å². The van der Waals surface area contributed by atoms with Gasteiger partial charge in [-0.2, -0.15) is 0 Å². The molecular weight excluding hydrogens is 617 g/mol. The number of aromatic nitrogens is 1. The van der Waals surface area contributed by atoms with E-state index in [0.29, 0.717) is 0 Å². The maximum absolute atomic E-state index is 2.86. The monoisotopic (exact) mass is 659 g/mol. The number of hydrogen-bond acceptors (Lipinski definition) is 2. The van der Waals surface area contributed by atoms with E-state index < -0.39 is 0 Å². The summed E-state index contributed by atoms with van der Waals surface area (Å²) in [7, 11) is 0. The number of fused-ring (bicyclic) bond motifs is 10. The minimum Gasteiger partial charge on any atom is -0.335 e. The van der Waals surface area contributed by atoms with Gasteiger partial charge in [-0.15, -0.1) is 0 Å². The average Bonchev–Trinajstić information content (AvgIpc) is 3.55. The van der Waals surface area contributed by atoms with E-state index in [2.05, 4.69) is 164 Å². The Morgan fingerprint density at radius 1 is 0.608 bits per heavy atom. The molecule has 0 amide bonds. The summed E-state index contributed by atoms with van der Waals surface area (Å²) in [6.07, 6.45) is 4.96. The Kier molecular flexibility index (Phi) is 5.77. The number of rotatable bonds is 3. The van der Waals surface area contributed by atoms with Crippen LogP contribution in [-0.4, -0.2) is 16.8 Å². The highest BCUT2D eigenvalue weighted by Crippen LogP contribution is 2.62. The highest BCUT2D eigenvalue weighted by Gasteiger charge is 2.61. The minimum atomic E-state index is -0.0319. The summed E-state index contributed by atoms with van der Waals surface area (Å²) < 4.78 is 2.63. The summed E-state index contributed by atoms with van der Waals surface area (Å²) in [5.74, 6) is 0. The van der Waals surface area contributed by atoms with Crippen LogP contribution < -0.4 is 26.2 Å². The van der Waals surface area contributed by atoms with Crippen molar-refractivity contribution < 1.29 is 0 Å². The van der Waals surface area contributed by atoms with Crippen molar-refractivity contribution in [2.45, 2.75) is 71.3 Å². The molecule has 1 aliphatic carbocycles. The fraction of sp³-hybridized carbons (Fsp3) is 0.234. The molecule has 4 aliphatic rings. The van der Waals surface area contributed by atoms with Gasteiger partial charge in [0, 0.05) is 50.1 Å². The van der Waals surface area contributed by atoms with E-state index in [-0.39, 0.29) is 17.7 Å². The molecule has 0 saturated heterocycles. The van der Waals surface area contributed by atoms with Crippen LogP contribution in [0.5, 0.6) is 0 Å². The average molecular weight is 660 g/mol. The molecule has 2 atom stereocenters. The molecule has 3 aliphatic heterocycles. The smallest absolute Gasteiger partial charge is 0.252 e. The van der Waals surface area contributed by atoms with Crippen molar-refractivity contribution in [3.05, 3.63) is 138 Å². The lowest BCUT2D eigenvalue weighted by atomic mass is 9.33. The molecule has 1 saturated carbocycles. The zero-order chi connectivity index (χ0) is 34.4. The van der Waals surface area contributed by atoms with E-state index >= 15 is 0 Å². The highest BCUT2D eigenvalue weighted by molar-refractivity contribution is 7.00. The molecule has 2 unspecified atom stereocenters. The van der Waals surface area contributed by atoms with Gasteiger partial charge in [0.25, 0.3) is 6.71 Å². The van der Waals surface area contributed by atoms with Gasteiger partial charge in [-0.1, -0.05) is 97.1 Å². The van der Waals surface area contributed by atoms with E-state index in [4.69, 9.17) is 0 Å². The third-order valence-electron chi connectivity index (χ3n) is 13.4. The molecule has 7 aromatic rings. The molecule has 11 rings (SSSR count). The quantitative estimate of drug-likeness (QED) is 0.175. The predicted octanol–water partition coefficient (Wildman–Crippen LogP) is 10.1. The molecule has 4 heteroatoms. The van der Waals surface area contributed by atoms with Gasteiger partial charge >= 0.3 is 0 Å². The second-order valence-electron chi connectivity index (χ2n) is 16.3. The van der Waals surface area contributed by atoms with Crippen molar-refractivity contribution >= 4 is 73.3 Å². The standard InChI is InChI=1S/C47H42BN3/c1-29-18-19-40-35(22-29)36-23-30(2)25-38-44(36)50(40)41-27-34(49(32-14-8-6-9-15-32)33-16-10-7-11-17-33)28-42-43(41)48(38)39-26-31(3)24-37-45(39)51(42)47(5)21-13-12-20-46(37,47)4/h6-11,14-19,22-28H,12-13,20-21H2,1-5H3. The predicted molar refractivity (Wildman–Crippen MR) is 217 cm³/mol. The van der Waals surface area contributed by atoms with Crippen molar-refractivity contribution in [1.82, 2.24) is 4.57 Å². The van der Waals surface area contributed by atoms with E-state index in [1.54, 1.807) is 5.56 Å². The summed E-state index contributed by atoms with van der Waals surface area (Å²) in [5, 5.41) is 2.71. The fourth-order valence-corrected chi connectivity index (χ4v) is 11.0. The van der Waals surface area contributed by atoms with Crippen LogP contribution in [0.4, 0.5) is 28.4 Å². The maximum Gasteiger partial charge on any atom is 0.252 e. The molecular formula is C47H42BN3. The molecule has 0 bridgehead atoms. The number of nitrogens with zero attached hydrogens (tertiary/aromatic N) is 3. The first kappa shape index (κ1) is 29.5. The van der Waals surface area contributed by atoms with Crippen LogP contribution in [0.1, 0.15) is 61.8 Å². The Morgan fingerprint density at radius 2 is 1.25 bits per heavy atom. The van der Waals surface area contributed by atoms with Gasteiger partial charge in [0.1, 0.15) is 0 Å². The summed E-state index contributed by atoms with van der Waals surface area (Å²) in [5.41, 5.74) is 20.4. The van der Waals surface area contributed by atoms with Gasteiger partial charge < -0.3 is 14.4 Å². The van der Waals surface area contributed by atoms with E-state index in [9.17, 15) is 0 Å². The first-order valence-electron chi connectivity index (χ1n) is 18.9. The highest BCUT2D eigenvalue weighted by atomic mass is 15.3. The fourth-order valence-electron chi connectivity index (χ4n) is 11.0. The normalized spacial score (nSPS) is 20.8. The Hall–Kier alpha value is -5.22. The third kappa shape index (κ3) is 3.65. The summed E-state index contributed by atoms with van der Waals surface area (Å²) in [6, 6.07) is 44.0. The SMILES string of the molecule is Cc1cc2c3c(c1)C1(C)CCCCC1(C)N3c1cc(N(c3ccccc3)c3ccccc3)cc3c1B2c1cc(C)cc2c4cc(C)ccc4n-3c12. The van der Waals surface area contributed by atoms with Crippen molar-refractivity contribution in [2.24, 2.45) is 0 Å². The molecule has 1 fully saturated rings. The van der Waals surface area contributed by atoms with Gasteiger partial charge in [0.05, 0.1) is 16.7 Å². The van der Waals surface area contributed by atoms with E-state index in [0.717, 1.165) is 0 Å². The maximum atomic E-state index is 2.86. The molecule has 0 radical (unpaired) electrons. The lowest BCUT2D eigenvalue weighted by Gasteiger charge is -2.52. The second-order valence-corrected chi connectivity index (χ2v) is 16.3. The first-order chi connectivity index (χ1) is 24.8. The lowest BCUT2D eigenvalue weighted by Crippen LogP contribution is -2.64. The van der Waals surface area contributed by atoms with Crippen LogP contribution in [0.2, 0.25) is 0 Å². The summed E-state index contributed by atoms with van der Waals surface area (Å²) in [4.78, 5) is 5.32. The van der Waals surface area contributed by atoms with E-state index in [1.807, 2.05) is 0 Å². The van der Waals surface area contributed by atoms with Gasteiger partial charge in [-0.3, -0.25) is 0 Å². The van der Waals surface area contributed by atoms with Crippen LogP contribution in [0.3, 0.4) is 0 Å². The molecule has 1 aromatic heterocycles. The first-order valence-corrected chi connectivity index (χ1v) is 18.9. The Bertz CT molecular complexity index is 2580. The van der Waals surface area contributed by atoms with Gasteiger partial charge in [-0.05, 0) is 117 Å². The number of anilines is 5. The van der Waals surface area contributed by atoms with Gasteiger partial charge in [-0.25, -0.2) is 0 Å². The second kappa shape index (κ2) is 9.97. The third-order valence-corrected chi connectivity index (χ3v) is 13.4. The van der Waals surface area contributed by atoms with Crippen LogP contribution in [0.25, 0.3) is 27.5 Å². The Balaban J connectivity index is 1.33. The molecule has 6 aromatic carbocycles. The molecule has 3 nitrogen and oxygen atoms in total. The van der Waals surface area contributed by atoms with Crippen LogP contribution in [0, 0.1) is 20.8 Å². The van der Waals surface area contributed by atoms with Crippen molar-refractivity contribution in [2.75, 3.05) is 9.80 Å². The minimum absolute atomic E-state index is 0.0319.